The summed E-state index contributed by atoms with van der Waals surface area (Å²) in [5, 5.41) is 0. The summed E-state index contributed by atoms with van der Waals surface area (Å²) in [5.74, 6) is -0.874. The second-order valence-electron chi connectivity index (χ2n) is 21.0. The van der Waals surface area contributed by atoms with Gasteiger partial charge in [0.25, 0.3) is 0 Å². The third-order valence-electron chi connectivity index (χ3n) is 13.8. The summed E-state index contributed by atoms with van der Waals surface area (Å²) in [7, 11) is 0. The van der Waals surface area contributed by atoms with E-state index < -0.39 is 6.10 Å². The predicted octanol–water partition coefficient (Wildman–Crippen LogP) is 21.0. The number of ether oxygens (including phenoxy) is 3. The standard InChI is InChI=1S/C65H118O6/c1-4-7-10-13-16-18-20-22-23-24-25-26-27-28-29-30-31-32-33-34-35-36-37-38-39-40-41-43-44-46-49-52-55-58-64(67)70-61-62(60-69-63(66)57-54-51-48-15-12-9-6-3)71-65(68)59-56-53-50-47-45-42-21-19-17-14-11-8-5-2/h19-22,24-25,27-28,62H,4-18,23,26,29-61H2,1-3H3/b21-19-,22-20-,25-24-,28-27-. The van der Waals surface area contributed by atoms with Crippen LogP contribution in [-0.4, -0.2) is 37.2 Å². The zero-order valence-corrected chi connectivity index (χ0v) is 47.5. The number of hydrogen-bond acceptors (Lipinski definition) is 6. The van der Waals surface area contributed by atoms with Crippen LogP contribution in [0.4, 0.5) is 0 Å². The first kappa shape index (κ1) is 68.4. The Hall–Kier alpha value is -2.63. The normalized spacial score (nSPS) is 12.3. The van der Waals surface area contributed by atoms with Gasteiger partial charge in [-0.25, -0.2) is 0 Å². The molecule has 0 saturated heterocycles. The maximum atomic E-state index is 12.8. The lowest BCUT2D eigenvalue weighted by Crippen LogP contribution is -2.30. The Labute approximate surface area is 441 Å². The highest BCUT2D eigenvalue weighted by molar-refractivity contribution is 5.71. The number of carbonyl (C=O) groups excluding carboxylic acids is 3. The first-order valence-corrected chi connectivity index (χ1v) is 31.1. The first-order valence-electron chi connectivity index (χ1n) is 31.1. The minimum Gasteiger partial charge on any atom is -0.462 e. The van der Waals surface area contributed by atoms with Crippen LogP contribution < -0.4 is 0 Å². The van der Waals surface area contributed by atoms with Crippen LogP contribution in [0.15, 0.2) is 48.6 Å². The van der Waals surface area contributed by atoms with Gasteiger partial charge in [0.2, 0.25) is 0 Å². The molecule has 0 aliphatic heterocycles. The molecular formula is C65H118O6. The molecule has 0 bridgehead atoms. The van der Waals surface area contributed by atoms with E-state index in [0.717, 1.165) is 77.0 Å². The SMILES string of the molecule is CCCCCC/C=C\CCCCCCCC(=O)OC(COC(=O)CCCCCCCCC)COC(=O)CCCCCCCCCCCCCCCCCCCC/C=C\C/C=C\C/C=C\CCCCCCC. The van der Waals surface area contributed by atoms with Crippen molar-refractivity contribution in [3.05, 3.63) is 48.6 Å². The number of unbranched alkanes of at least 4 members (excludes halogenated alkanes) is 38. The van der Waals surface area contributed by atoms with Gasteiger partial charge in [0, 0.05) is 19.3 Å². The van der Waals surface area contributed by atoms with Crippen LogP contribution in [0.1, 0.15) is 329 Å². The fourth-order valence-electron chi connectivity index (χ4n) is 9.09. The number of esters is 3. The van der Waals surface area contributed by atoms with Crippen molar-refractivity contribution in [3.8, 4) is 0 Å². The van der Waals surface area contributed by atoms with E-state index in [1.165, 1.54) is 212 Å². The van der Waals surface area contributed by atoms with Gasteiger partial charge in [0.05, 0.1) is 0 Å². The lowest BCUT2D eigenvalue weighted by molar-refractivity contribution is -0.167. The van der Waals surface area contributed by atoms with Crippen LogP contribution >= 0.6 is 0 Å². The molecule has 0 saturated carbocycles. The van der Waals surface area contributed by atoms with Crippen molar-refractivity contribution in [1.29, 1.82) is 0 Å². The van der Waals surface area contributed by atoms with Crippen LogP contribution in [0.2, 0.25) is 0 Å². The largest absolute Gasteiger partial charge is 0.462 e. The molecule has 71 heavy (non-hydrogen) atoms. The molecular weight excluding hydrogens is 877 g/mol. The Morgan fingerprint density at radius 3 is 0.817 bits per heavy atom. The van der Waals surface area contributed by atoms with E-state index in [0.29, 0.717) is 19.3 Å². The predicted molar refractivity (Wildman–Crippen MR) is 307 cm³/mol. The quantitative estimate of drug-likeness (QED) is 0.0261. The highest BCUT2D eigenvalue weighted by atomic mass is 16.6. The fraction of sp³-hybridized carbons (Fsp3) is 0.831. The number of allylic oxidation sites excluding steroid dienone is 8. The molecule has 414 valence electrons. The Balaban J connectivity index is 3.96. The molecule has 6 nitrogen and oxygen atoms in total. The average Bonchev–Trinajstić information content (AvgIpc) is 3.37. The lowest BCUT2D eigenvalue weighted by atomic mass is 10.0. The molecule has 0 aromatic rings. The number of hydrogen-bond donors (Lipinski definition) is 0. The van der Waals surface area contributed by atoms with Gasteiger partial charge in [-0.1, -0.05) is 275 Å². The molecule has 1 atom stereocenters. The molecule has 0 N–H and O–H groups in total. The van der Waals surface area contributed by atoms with E-state index in [1.807, 2.05) is 0 Å². The molecule has 6 heteroatoms. The summed E-state index contributed by atoms with van der Waals surface area (Å²) in [5.41, 5.74) is 0. The van der Waals surface area contributed by atoms with E-state index in [2.05, 4.69) is 69.4 Å². The molecule has 0 rings (SSSR count). The van der Waals surface area contributed by atoms with E-state index in [-0.39, 0.29) is 31.1 Å². The van der Waals surface area contributed by atoms with Gasteiger partial charge in [0.1, 0.15) is 13.2 Å². The van der Waals surface area contributed by atoms with Crippen molar-refractivity contribution in [2.24, 2.45) is 0 Å². The Bertz CT molecular complexity index is 1230. The van der Waals surface area contributed by atoms with Crippen LogP contribution in [0, 0.1) is 0 Å². The summed E-state index contributed by atoms with van der Waals surface area (Å²) >= 11 is 0. The van der Waals surface area contributed by atoms with Crippen molar-refractivity contribution in [2.45, 2.75) is 335 Å². The summed E-state index contributed by atoms with van der Waals surface area (Å²) < 4.78 is 16.8. The fourth-order valence-corrected chi connectivity index (χ4v) is 9.09. The average molecular weight is 996 g/mol. The minimum absolute atomic E-state index is 0.0725. The van der Waals surface area contributed by atoms with Crippen LogP contribution in [0.3, 0.4) is 0 Å². The van der Waals surface area contributed by atoms with Crippen molar-refractivity contribution in [3.63, 3.8) is 0 Å². The van der Waals surface area contributed by atoms with E-state index in [9.17, 15) is 14.4 Å². The molecule has 0 aliphatic carbocycles. The first-order chi connectivity index (χ1) is 35.0. The molecule has 0 aromatic heterocycles. The molecule has 0 amide bonds. The molecule has 0 spiro atoms. The monoisotopic (exact) mass is 995 g/mol. The van der Waals surface area contributed by atoms with Crippen molar-refractivity contribution >= 4 is 17.9 Å². The Morgan fingerprint density at radius 1 is 0.282 bits per heavy atom. The third-order valence-corrected chi connectivity index (χ3v) is 13.8. The summed E-state index contributed by atoms with van der Waals surface area (Å²) in [6.45, 7) is 6.59. The van der Waals surface area contributed by atoms with Gasteiger partial charge in [0.15, 0.2) is 6.10 Å². The number of rotatable bonds is 57. The highest BCUT2D eigenvalue weighted by Gasteiger charge is 2.19. The van der Waals surface area contributed by atoms with E-state index >= 15 is 0 Å². The van der Waals surface area contributed by atoms with Crippen molar-refractivity contribution in [1.82, 2.24) is 0 Å². The maximum absolute atomic E-state index is 12.8. The molecule has 1 unspecified atom stereocenters. The second-order valence-corrected chi connectivity index (χ2v) is 21.0. The van der Waals surface area contributed by atoms with Crippen LogP contribution in [-0.2, 0) is 28.6 Å². The zero-order valence-electron chi connectivity index (χ0n) is 47.5. The summed E-state index contributed by atoms with van der Waals surface area (Å²) in [6.07, 6.45) is 74.4. The zero-order chi connectivity index (χ0) is 51.4. The van der Waals surface area contributed by atoms with Crippen LogP contribution in [0.25, 0.3) is 0 Å². The Kier molecular flexibility index (Phi) is 57.7. The van der Waals surface area contributed by atoms with Gasteiger partial charge < -0.3 is 14.2 Å². The highest BCUT2D eigenvalue weighted by Crippen LogP contribution is 2.17. The van der Waals surface area contributed by atoms with Crippen LogP contribution in [0.5, 0.6) is 0 Å². The lowest BCUT2D eigenvalue weighted by Gasteiger charge is -2.18. The smallest absolute Gasteiger partial charge is 0.306 e. The van der Waals surface area contributed by atoms with Gasteiger partial charge >= 0.3 is 17.9 Å². The summed E-state index contributed by atoms with van der Waals surface area (Å²) in [4.78, 5) is 37.9. The van der Waals surface area contributed by atoms with Gasteiger partial charge in [-0.2, -0.15) is 0 Å². The van der Waals surface area contributed by atoms with Gasteiger partial charge in [-0.3, -0.25) is 14.4 Å². The second kappa shape index (κ2) is 59.9. The third kappa shape index (κ3) is 58.1. The molecule has 0 radical (unpaired) electrons. The molecule has 0 fully saturated rings. The van der Waals surface area contributed by atoms with Crippen molar-refractivity contribution in [2.75, 3.05) is 13.2 Å². The topological polar surface area (TPSA) is 78.9 Å². The molecule has 0 aliphatic rings. The van der Waals surface area contributed by atoms with E-state index in [4.69, 9.17) is 14.2 Å². The van der Waals surface area contributed by atoms with Crippen molar-refractivity contribution < 1.29 is 28.6 Å². The summed E-state index contributed by atoms with van der Waals surface area (Å²) in [6, 6.07) is 0. The Morgan fingerprint density at radius 2 is 0.507 bits per heavy atom. The van der Waals surface area contributed by atoms with Gasteiger partial charge in [-0.05, 0) is 83.5 Å². The number of carbonyl (C=O) groups is 3. The van der Waals surface area contributed by atoms with E-state index in [1.54, 1.807) is 0 Å². The molecule has 0 heterocycles. The minimum atomic E-state index is -0.771. The van der Waals surface area contributed by atoms with Gasteiger partial charge in [-0.15, -0.1) is 0 Å². The maximum Gasteiger partial charge on any atom is 0.306 e. The molecule has 0 aromatic carbocycles.